The van der Waals surface area contributed by atoms with Gasteiger partial charge in [0.2, 0.25) is 10.0 Å². The fraction of sp³-hybridized carbons (Fsp3) is 0.409. The Bertz CT molecular complexity index is 833. The molecule has 6 heteroatoms. The highest BCUT2D eigenvalue weighted by atomic mass is 32.2. The van der Waals surface area contributed by atoms with Gasteiger partial charge in [-0.15, -0.1) is 0 Å². The molecule has 0 aliphatic rings. The Morgan fingerprint density at radius 1 is 1.00 bits per heavy atom. The molecule has 0 radical (unpaired) electrons. The number of hydrogen-bond donors (Lipinski definition) is 1. The minimum Gasteiger partial charge on any atom is -0.469 e. The maximum atomic E-state index is 12.8. The predicted molar refractivity (Wildman–Crippen MR) is 111 cm³/mol. The van der Waals surface area contributed by atoms with Gasteiger partial charge < -0.3 is 4.74 Å². The van der Waals surface area contributed by atoms with Crippen molar-refractivity contribution in [2.45, 2.75) is 56.4 Å². The summed E-state index contributed by atoms with van der Waals surface area (Å²) in [5.74, 6) is -0.235. The van der Waals surface area contributed by atoms with E-state index in [0.29, 0.717) is 25.7 Å². The lowest BCUT2D eigenvalue weighted by Gasteiger charge is -2.19. The molecular formula is C22H29NO4S. The minimum atomic E-state index is -3.58. The third-order valence-corrected chi connectivity index (χ3v) is 6.22. The highest BCUT2D eigenvalue weighted by molar-refractivity contribution is 7.89. The van der Waals surface area contributed by atoms with Gasteiger partial charge in [0.05, 0.1) is 12.0 Å². The van der Waals surface area contributed by atoms with Crippen LogP contribution in [0.2, 0.25) is 0 Å². The third-order valence-electron chi connectivity index (χ3n) is 4.69. The van der Waals surface area contributed by atoms with Crippen molar-refractivity contribution in [2.24, 2.45) is 0 Å². The van der Waals surface area contributed by atoms with Crippen LogP contribution in [0.25, 0.3) is 0 Å². The number of nitrogens with one attached hydrogen (secondary N) is 1. The quantitative estimate of drug-likeness (QED) is 0.454. The molecule has 0 amide bonds. The van der Waals surface area contributed by atoms with Crippen molar-refractivity contribution in [2.75, 3.05) is 7.11 Å². The smallest absolute Gasteiger partial charge is 0.305 e. The van der Waals surface area contributed by atoms with Gasteiger partial charge in [-0.2, -0.15) is 0 Å². The van der Waals surface area contributed by atoms with Gasteiger partial charge in [0.25, 0.3) is 0 Å². The molecule has 152 valence electrons. The Kier molecular flexibility index (Phi) is 8.67. The second-order valence-corrected chi connectivity index (χ2v) is 8.69. The Labute approximate surface area is 168 Å². The first-order valence-corrected chi connectivity index (χ1v) is 11.1. The van der Waals surface area contributed by atoms with E-state index in [-0.39, 0.29) is 16.9 Å². The number of hydrogen-bond acceptors (Lipinski definition) is 4. The van der Waals surface area contributed by atoms with Crippen LogP contribution in [0.15, 0.2) is 59.5 Å². The molecular weight excluding hydrogens is 374 g/mol. The van der Waals surface area contributed by atoms with Gasteiger partial charge in [-0.3, -0.25) is 4.79 Å². The average molecular weight is 404 g/mol. The first kappa shape index (κ1) is 22.1. The molecule has 0 aliphatic carbocycles. The zero-order valence-corrected chi connectivity index (χ0v) is 17.4. The number of rotatable bonds is 11. The van der Waals surface area contributed by atoms with Gasteiger partial charge in [-0.1, -0.05) is 54.4 Å². The molecule has 0 saturated heterocycles. The molecule has 2 rings (SSSR count). The van der Waals surface area contributed by atoms with Gasteiger partial charge in [-0.25, -0.2) is 13.1 Å². The summed E-state index contributed by atoms with van der Waals surface area (Å²) in [6, 6.07) is 16.7. The fourth-order valence-corrected chi connectivity index (χ4v) is 4.32. The van der Waals surface area contributed by atoms with Crippen LogP contribution in [-0.2, 0) is 26.0 Å². The molecule has 0 heterocycles. The number of benzene rings is 2. The minimum absolute atomic E-state index is 0.191. The molecule has 0 aromatic heterocycles. The summed E-state index contributed by atoms with van der Waals surface area (Å²) in [5.41, 5.74) is 2.19. The zero-order chi connectivity index (χ0) is 20.4. The molecule has 0 fully saturated rings. The predicted octanol–water partition coefficient (Wildman–Crippen LogP) is 4.01. The van der Waals surface area contributed by atoms with Crippen LogP contribution in [0.3, 0.4) is 0 Å². The highest BCUT2D eigenvalue weighted by Gasteiger charge is 2.20. The number of carbonyl (C=O) groups excluding carboxylic acids is 1. The van der Waals surface area contributed by atoms with E-state index in [1.54, 1.807) is 24.3 Å². The number of unbranched alkanes of at least 4 members (excludes halogenated alkanes) is 1. The summed E-state index contributed by atoms with van der Waals surface area (Å²) in [7, 11) is -2.20. The van der Waals surface area contributed by atoms with Gasteiger partial charge in [0.15, 0.2) is 0 Å². The highest BCUT2D eigenvalue weighted by Crippen LogP contribution is 2.16. The number of ether oxygens (including phenoxy) is 1. The number of carbonyl (C=O) groups is 1. The maximum absolute atomic E-state index is 12.8. The van der Waals surface area contributed by atoms with Crippen molar-refractivity contribution in [1.29, 1.82) is 0 Å². The molecule has 0 bridgehead atoms. The van der Waals surface area contributed by atoms with E-state index in [0.717, 1.165) is 18.4 Å². The van der Waals surface area contributed by atoms with Crippen LogP contribution in [0.5, 0.6) is 0 Å². The Hall–Kier alpha value is -2.18. The first-order chi connectivity index (χ1) is 13.4. The van der Waals surface area contributed by atoms with Crippen LogP contribution in [0.1, 0.15) is 43.2 Å². The van der Waals surface area contributed by atoms with Crippen molar-refractivity contribution >= 4 is 16.0 Å². The van der Waals surface area contributed by atoms with Crippen molar-refractivity contribution in [3.05, 3.63) is 65.7 Å². The monoisotopic (exact) mass is 403 g/mol. The normalized spacial score (nSPS) is 12.5. The summed E-state index contributed by atoms with van der Waals surface area (Å²) in [6.45, 7) is 1.92. The summed E-state index contributed by atoms with van der Waals surface area (Å²) in [4.78, 5) is 11.6. The molecule has 1 atom stereocenters. The van der Waals surface area contributed by atoms with Gasteiger partial charge in [0, 0.05) is 12.5 Å². The number of sulfonamides is 1. The van der Waals surface area contributed by atoms with E-state index in [2.05, 4.69) is 9.46 Å². The van der Waals surface area contributed by atoms with E-state index in [4.69, 9.17) is 0 Å². The van der Waals surface area contributed by atoms with Gasteiger partial charge >= 0.3 is 5.97 Å². The van der Waals surface area contributed by atoms with E-state index < -0.39 is 10.0 Å². The molecule has 2 aromatic carbocycles. The van der Waals surface area contributed by atoms with E-state index in [1.165, 1.54) is 12.7 Å². The first-order valence-electron chi connectivity index (χ1n) is 9.60. The third kappa shape index (κ3) is 7.44. The summed E-state index contributed by atoms with van der Waals surface area (Å²) in [6.07, 6.45) is 3.96. The van der Waals surface area contributed by atoms with Crippen molar-refractivity contribution < 1.29 is 17.9 Å². The van der Waals surface area contributed by atoms with Crippen molar-refractivity contribution in [3.8, 4) is 0 Å². The lowest BCUT2D eigenvalue weighted by atomic mass is 10.0. The van der Waals surface area contributed by atoms with Crippen LogP contribution in [0.4, 0.5) is 0 Å². The molecule has 2 aromatic rings. The average Bonchev–Trinajstić information content (AvgIpc) is 2.70. The molecule has 0 saturated carbocycles. The number of aryl methyl sites for hydroxylation is 2. The van der Waals surface area contributed by atoms with Crippen LogP contribution >= 0.6 is 0 Å². The van der Waals surface area contributed by atoms with Gasteiger partial charge in [-0.05, 0) is 50.3 Å². The number of methoxy groups -OCH3 is 1. The van der Waals surface area contributed by atoms with E-state index >= 15 is 0 Å². The molecule has 28 heavy (non-hydrogen) atoms. The fourth-order valence-electron chi connectivity index (χ4n) is 3.01. The SMILES string of the molecule is COC(=O)CCCCC(CCc1ccccc1)NS(=O)(=O)c1ccc(C)cc1. The largest absolute Gasteiger partial charge is 0.469 e. The molecule has 1 unspecified atom stereocenters. The second kappa shape index (κ2) is 11.0. The standard InChI is InChI=1S/C22H29NO4S/c1-18-12-16-21(17-13-18)28(25,26)23-20(10-6-7-11-22(24)27-2)15-14-19-8-4-3-5-9-19/h3-5,8-9,12-13,16-17,20,23H,6-7,10-11,14-15H2,1-2H3. The Balaban J connectivity index is 2.01. The molecule has 0 aliphatic heterocycles. The maximum Gasteiger partial charge on any atom is 0.305 e. The van der Waals surface area contributed by atoms with Crippen LogP contribution < -0.4 is 4.72 Å². The van der Waals surface area contributed by atoms with E-state index in [1.807, 2.05) is 37.3 Å². The van der Waals surface area contributed by atoms with Crippen LogP contribution in [-0.4, -0.2) is 27.5 Å². The van der Waals surface area contributed by atoms with Crippen molar-refractivity contribution in [3.63, 3.8) is 0 Å². The zero-order valence-electron chi connectivity index (χ0n) is 16.6. The van der Waals surface area contributed by atoms with Gasteiger partial charge in [0.1, 0.15) is 0 Å². The second-order valence-electron chi connectivity index (χ2n) is 6.98. The van der Waals surface area contributed by atoms with Crippen LogP contribution in [0, 0.1) is 6.92 Å². The molecule has 1 N–H and O–H groups in total. The Morgan fingerprint density at radius 2 is 1.68 bits per heavy atom. The number of esters is 1. The Morgan fingerprint density at radius 3 is 2.32 bits per heavy atom. The lowest BCUT2D eigenvalue weighted by molar-refractivity contribution is -0.140. The summed E-state index contributed by atoms with van der Waals surface area (Å²) >= 11 is 0. The summed E-state index contributed by atoms with van der Waals surface area (Å²) < 4.78 is 33.1. The summed E-state index contributed by atoms with van der Waals surface area (Å²) in [5, 5.41) is 0. The van der Waals surface area contributed by atoms with E-state index in [9.17, 15) is 13.2 Å². The molecule has 0 spiro atoms. The topological polar surface area (TPSA) is 72.5 Å². The van der Waals surface area contributed by atoms with Crippen molar-refractivity contribution in [1.82, 2.24) is 4.72 Å². The molecule has 5 nitrogen and oxygen atoms in total. The lowest BCUT2D eigenvalue weighted by Crippen LogP contribution is -2.35.